The molecule has 0 aliphatic heterocycles. The summed E-state index contributed by atoms with van der Waals surface area (Å²) in [5.41, 5.74) is 0.951. The van der Waals surface area contributed by atoms with Crippen LogP contribution in [0.3, 0.4) is 0 Å². The lowest BCUT2D eigenvalue weighted by Crippen LogP contribution is -2.31. The standard InChI is InChI=1S/C18H18N2O6/c1-13-4-2-7-16(10-13)25-8-9-26-17(21)12-19-18(22)14-5-3-6-15(11-14)20(23)24/h2-7,10-11H,8-9,12H2,1H3,(H,19,22). The zero-order chi connectivity index (χ0) is 18.9. The van der Waals surface area contributed by atoms with Crippen molar-refractivity contribution in [3.63, 3.8) is 0 Å². The van der Waals surface area contributed by atoms with Crippen molar-refractivity contribution in [3.8, 4) is 5.75 Å². The molecule has 2 aromatic carbocycles. The first-order valence-electron chi connectivity index (χ1n) is 7.83. The third kappa shape index (κ3) is 5.90. The average Bonchev–Trinajstić information content (AvgIpc) is 2.63. The van der Waals surface area contributed by atoms with Gasteiger partial charge < -0.3 is 14.8 Å². The van der Waals surface area contributed by atoms with E-state index in [9.17, 15) is 19.7 Å². The minimum Gasteiger partial charge on any atom is -0.490 e. The number of amides is 1. The molecule has 0 fully saturated rings. The number of hydrogen-bond donors (Lipinski definition) is 1. The van der Waals surface area contributed by atoms with E-state index in [4.69, 9.17) is 9.47 Å². The summed E-state index contributed by atoms with van der Waals surface area (Å²) in [5.74, 6) is -0.543. The molecule has 0 aliphatic carbocycles. The van der Waals surface area contributed by atoms with E-state index in [2.05, 4.69) is 5.32 Å². The van der Waals surface area contributed by atoms with Crippen LogP contribution in [-0.2, 0) is 9.53 Å². The largest absolute Gasteiger partial charge is 0.490 e. The molecule has 0 bridgehead atoms. The summed E-state index contributed by atoms with van der Waals surface area (Å²) in [7, 11) is 0. The van der Waals surface area contributed by atoms with Crippen LogP contribution in [-0.4, -0.2) is 36.6 Å². The van der Waals surface area contributed by atoms with Crippen molar-refractivity contribution in [1.82, 2.24) is 5.32 Å². The predicted octanol–water partition coefficient (Wildman–Crippen LogP) is 2.26. The maximum atomic E-state index is 11.9. The number of aryl methyl sites for hydroxylation is 1. The molecule has 136 valence electrons. The molecular weight excluding hydrogens is 340 g/mol. The Kier molecular flexibility index (Phi) is 6.67. The minimum atomic E-state index is -0.628. The fraction of sp³-hybridized carbons (Fsp3) is 0.222. The van der Waals surface area contributed by atoms with E-state index in [1.165, 1.54) is 18.2 Å². The number of nitrogens with one attached hydrogen (secondary N) is 1. The molecule has 0 unspecified atom stereocenters. The number of ether oxygens (including phenoxy) is 2. The number of benzene rings is 2. The third-order valence-electron chi connectivity index (χ3n) is 3.32. The van der Waals surface area contributed by atoms with Gasteiger partial charge in [-0.3, -0.25) is 19.7 Å². The molecule has 0 spiro atoms. The maximum absolute atomic E-state index is 11.9. The number of nitro groups is 1. The number of rotatable bonds is 8. The van der Waals surface area contributed by atoms with Gasteiger partial charge in [-0.15, -0.1) is 0 Å². The molecule has 26 heavy (non-hydrogen) atoms. The Morgan fingerprint density at radius 2 is 1.88 bits per heavy atom. The van der Waals surface area contributed by atoms with E-state index in [1.54, 1.807) is 6.07 Å². The summed E-state index contributed by atoms with van der Waals surface area (Å²) in [6.07, 6.45) is 0. The molecule has 0 saturated heterocycles. The van der Waals surface area contributed by atoms with E-state index < -0.39 is 16.8 Å². The highest BCUT2D eigenvalue weighted by molar-refractivity contribution is 5.96. The van der Waals surface area contributed by atoms with Crippen LogP contribution in [0.2, 0.25) is 0 Å². The SMILES string of the molecule is Cc1cccc(OCCOC(=O)CNC(=O)c2cccc([N+](=O)[O-])c2)c1. The van der Waals surface area contributed by atoms with Crippen molar-refractivity contribution in [3.05, 3.63) is 69.8 Å². The fourth-order valence-corrected chi connectivity index (χ4v) is 2.09. The molecular formula is C18H18N2O6. The van der Waals surface area contributed by atoms with Crippen molar-refractivity contribution in [1.29, 1.82) is 0 Å². The van der Waals surface area contributed by atoms with Gasteiger partial charge in [-0.1, -0.05) is 18.2 Å². The summed E-state index contributed by atoms with van der Waals surface area (Å²) in [4.78, 5) is 33.6. The van der Waals surface area contributed by atoms with Crippen LogP contribution in [0.5, 0.6) is 5.75 Å². The summed E-state index contributed by atoms with van der Waals surface area (Å²) >= 11 is 0. The quantitative estimate of drug-likeness (QED) is 0.336. The number of esters is 1. The Morgan fingerprint density at radius 3 is 2.62 bits per heavy atom. The van der Waals surface area contributed by atoms with Gasteiger partial charge in [-0.05, 0) is 30.7 Å². The monoisotopic (exact) mass is 358 g/mol. The molecule has 8 heteroatoms. The number of hydrogen-bond acceptors (Lipinski definition) is 6. The zero-order valence-electron chi connectivity index (χ0n) is 14.1. The highest BCUT2D eigenvalue weighted by atomic mass is 16.6. The number of nitro benzene ring substituents is 1. The topological polar surface area (TPSA) is 108 Å². The van der Waals surface area contributed by atoms with Gasteiger partial charge in [0.25, 0.3) is 11.6 Å². The molecule has 0 aromatic heterocycles. The van der Waals surface area contributed by atoms with E-state index in [0.29, 0.717) is 5.75 Å². The van der Waals surface area contributed by atoms with Gasteiger partial charge in [0, 0.05) is 17.7 Å². The second kappa shape index (κ2) is 9.16. The summed E-state index contributed by atoms with van der Waals surface area (Å²) in [5, 5.41) is 13.1. The minimum absolute atomic E-state index is 0.0411. The van der Waals surface area contributed by atoms with Gasteiger partial charge in [0.1, 0.15) is 25.5 Å². The molecule has 2 rings (SSSR count). The first-order valence-corrected chi connectivity index (χ1v) is 7.83. The smallest absolute Gasteiger partial charge is 0.325 e. The van der Waals surface area contributed by atoms with Crippen LogP contribution in [0.1, 0.15) is 15.9 Å². The molecule has 2 aromatic rings. The fourth-order valence-electron chi connectivity index (χ4n) is 2.09. The number of non-ortho nitro benzene ring substituents is 1. The number of carbonyl (C=O) groups excluding carboxylic acids is 2. The van der Waals surface area contributed by atoms with E-state index in [0.717, 1.165) is 11.6 Å². The van der Waals surface area contributed by atoms with Crippen molar-refractivity contribution >= 4 is 17.6 Å². The van der Waals surface area contributed by atoms with Crippen LogP contribution < -0.4 is 10.1 Å². The van der Waals surface area contributed by atoms with Crippen LogP contribution in [0.4, 0.5) is 5.69 Å². The Morgan fingerprint density at radius 1 is 1.12 bits per heavy atom. The lowest BCUT2D eigenvalue weighted by molar-refractivity contribution is -0.384. The van der Waals surface area contributed by atoms with Gasteiger partial charge in [0.15, 0.2) is 0 Å². The number of carbonyl (C=O) groups is 2. The van der Waals surface area contributed by atoms with Crippen molar-refractivity contribution in [2.45, 2.75) is 6.92 Å². The highest BCUT2D eigenvalue weighted by Crippen LogP contribution is 2.13. The van der Waals surface area contributed by atoms with Crippen molar-refractivity contribution in [2.24, 2.45) is 0 Å². The first-order chi connectivity index (χ1) is 12.5. The molecule has 0 radical (unpaired) electrons. The van der Waals surface area contributed by atoms with E-state index in [1.807, 2.05) is 25.1 Å². The second-order valence-corrected chi connectivity index (χ2v) is 5.38. The molecule has 0 aliphatic rings. The average molecular weight is 358 g/mol. The molecule has 8 nitrogen and oxygen atoms in total. The Hall–Kier alpha value is -3.42. The zero-order valence-corrected chi connectivity index (χ0v) is 14.1. The van der Waals surface area contributed by atoms with Gasteiger partial charge in [-0.2, -0.15) is 0 Å². The molecule has 0 atom stereocenters. The normalized spacial score (nSPS) is 10.0. The maximum Gasteiger partial charge on any atom is 0.325 e. The van der Waals surface area contributed by atoms with Gasteiger partial charge in [0.2, 0.25) is 0 Å². The lowest BCUT2D eigenvalue weighted by Gasteiger charge is -2.08. The molecule has 0 heterocycles. The summed E-state index contributed by atoms with van der Waals surface area (Å²) in [6.45, 7) is 1.83. The number of nitrogens with zero attached hydrogens (tertiary/aromatic N) is 1. The molecule has 0 saturated carbocycles. The molecule has 1 N–H and O–H groups in total. The summed E-state index contributed by atoms with van der Waals surface area (Å²) in [6, 6.07) is 12.7. The summed E-state index contributed by atoms with van der Waals surface area (Å²) < 4.78 is 10.4. The van der Waals surface area contributed by atoms with E-state index >= 15 is 0 Å². The van der Waals surface area contributed by atoms with Crippen LogP contribution in [0.15, 0.2) is 48.5 Å². The van der Waals surface area contributed by atoms with Crippen molar-refractivity contribution < 1.29 is 24.0 Å². The predicted molar refractivity (Wildman–Crippen MR) is 93.1 cm³/mol. The Bertz CT molecular complexity index is 806. The van der Waals surface area contributed by atoms with Crippen LogP contribution in [0.25, 0.3) is 0 Å². The molecule has 1 amide bonds. The van der Waals surface area contributed by atoms with Crippen LogP contribution >= 0.6 is 0 Å². The Balaban J connectivity index is 1.70. The third-order valence-corrected chi connectivity index (χ3v) is 3.32. The van der Waals surface area contributed by atoms with Crippen LogP contribution in [0, 0.1) is 17.0 Å². The van der Waals surface area contributed by atoms with Gasteiger partial charge in [-0.25, -0.2) is 0 Å². The van der Waals surface area contributed by atoms with Gasteiger partial charge >= 0.3 is 5.97 Å². The second-order valence-electron chi connectivity index (χ2n) is 5.38. The first kappa shape index (κ1) is 18.9. The van der Waals surface area contributed by atoms with E-state index in [-0.39, 0.29) is 31.0 Å². The lowest BCUT2D eigenvalue weighted by atomic mass is 10.2. The highest BCUT2D eigenvalue weighted by Gasteiger charge is 2.12. The Labute approximate surface area is 149 Å². The van der Waals surface area contributed by atoms with Gasteiger partial charge in [0.05, 0.1) is 4.92 Å². The van der Waals surface area contributed by atoms with Crippen molar-refractivity contribution in [2.75, 3.05) is 19.8 Å².